The average molecular weight is 500 g/mol. The van der Waals surface area contributed by atoms with E-state index in [0.29, 0.717) is 5.92 Å². The third kappa shape index (κ3) is 7.79. The lowest BCUT2D eigenvalue weighted by Crippen LogP contribution is -2.38. The van der Waals surface area contributed by atoms with Gasteiger partial charge in [0.1, 0.15) is 0 Å². The average Bonchev–Trinajstić information content (AvgIpc) is 3.21. The maximum absolute atomic E-state index is 4.37. The SMILES string of the molecule is CCN(CC)Cc1ccccc1CNC(=NC)NCC(C)c1ccsc1.I. The number of rotatable bonds is 9. The second kappa shape index (κ2) is 13.1. The molecule has 0 fully saturated rings. The molecule has 27 heavy (non-hydrogen) atoms. The zero-order valence-electron chi connectivity index (χ0n) is 16.9. The van der Waals surface area contributed by atoms with Crippen molar-refractivity contribution in [3.05, 3.63) is 57.8 Å². The summed E-state index contributed by atoms with van der Waals surface area (Å²) in [6.07, 6.45) is 0. The summed E-state index contributed by atoms with van der Waals surface area (Å²) in [5.74, 6) is 1.32. The summed E-state index contributed by atoms with van der Waals surface area (Å²) in [6, 6.07) is 10.9. The van der Waals surface area contributed by atoms with Gasteiger partial charge in [-0.15, -0.1) is 24.0 Å². The Bertz CT molecular complexity index is 669. The van der Waals surface area contributed by atoms with Crippen molar-refractivity contribution < 1.29 is 0 Å². The van der Waals surface area contributed by atoms with E-state index in [9.17, 15) is 0 Å². The third-order valence-corrected chi connectivity index (χ3v) is 5.47. The fourth-order valence-electron chi connectivity index (χ4n) is 2.89. The molecule has 0 bridgehead atoms. The predicted molar refractivity (Wildman–Crippen MR) is 129 cm³/mol. The highest BCUT2D eigenvalue weighted by atomic mass is 127. The van der Waals surface area contributed by atoms with Crippen LogP contribution in [0.3, 0.4) is 0 Å². The minimum Gasteiger partial charge on any atom is -0.356 e. The minimum atomic E-state index is 0. The highest BCUT2D eigenvalue weighted by Crippen LogP contribution is 2.17. The van der Waals surface area contributed by atoms with Crippen LogP contribution in [0.1, 0.15) is 43.4 Å². The molecule has 2 aromatic rings. The van der Waals surface area contributed by atoms with Crippen LogP contribution in [0.25, 0.3) is 0 Å². The number of benzene rings is 1. The number of aliphatic imine (C=N–C) groups is 1. The Morgan fingerprint density at radius 2 is 1.81 bits per heavy atom. The Morgan fingerprint density at radius 3 is 2.41 bits per heavy atom. The van der Waals surface area contributed by atoms with Crippen molar-refractivity contribution in [3.8, 4) is 0 Å². The van der Waals surface area contributed by atoms with Crippen molar-refractivity contribution in [2.24, 2.45) is 4.99 Å². The van der Waals surface area contributed by atoms with Crippen LogP contribution in [0, 0.1) is 0 Å². The van der Waals surface area contributed by atoms with Crippen LogP contribution in [0.2, 0.25) is 0 Å². The first-order valence-electron chi connectivity index (χ1n) is 9.43. The molecular formula is C21H33IN4S. The second-order valence-corrected chi connectivity index (χ2v) is 7.27. The Balaban J connectivity index is 0.00000364. The first-order valence-corrected chi connectivity index (χ1v) is 10.4. The molecule has 4 nitrogen and oxygen atoms in total. The van der Waals surface area contributed by atoms with Crippen LogP contribution in [-0.4, -0.2) is 37.5 Å². The Hall–Kier alpha value is -1.12. The zero-order valence-corrected chi connectivity index (χ0v) is 20.0. The van der Waals surface area contributed by atoms with Crippen LogP contribution in [0.15, 0.2) is 46.1 Å². The van der Waals surface area contributed by atoms with Gasteiger partial charge >= 0.3 is 0 Å². The summed E-state index contributed by atoms with van der Waals surface area (Å²) >= 11 is 1.75. The largest absolute Gasteiger partial charge is 0.356 e. The highest BCUT2D eigenvalue weighted by Gasteiger charge is 2.09. The second-order valence-electron chi connectivity index (χ2n) is 6.49. The van der Waals surface area contributed by atoms with E-state index < -0.39 is 0 Å². The lowest BCUT2D eigenvalue weighted by atomic mass is 10.1. The van der Waals surface area contributed by atoms with Crippen molar-refractivity contribution in [3.63, 3.8) is 0 Å². The lowest BCUT2D eigenvalue weighted by Gasteiger charge is -2.21. The molecule has 0 aliphatic rings. The van der Waals surface area contributed by atoms with Gasteiger partial charge in [0.15, 0.2) is 5.96 Å². The molecule has 0 saturated carbocycles. The van der Waals surface area contributed by atoms with Crippen molar-refractivity contribution >= 4 is 41.3 Å². The molecule has 1 aromatic heterocycles. The summed E-state index contributed by atoms with van der Waals surface area (Å²) in [7, 11) is 1.83. The van der Waals surface area contributed by atoms with Crippen molar-refractivity contribution in [1.29, 1.82) is 0 Å². The molecule has 0 radical (unpaired) electrons. The molecule has 0 aliphatic heterocycles. The molecule has 2 N–H and O–H groups in total. The number of nitrogens with one attached hydrogen (secondary N) is 2. The van der Waals surface area contributed by atoms with Crippen LogP contribution in [0.5, 0.6) is 0 Å². The van der Waals surface area contributed by atoms with Gasteiger partial charge in [-0.25, -0.2) is 0 Å². The molecule has 1 aromatic carbocycles. The maximum Gasteiger partial charge on any atom is 0.191 e. The third-order valence-electron chi connectivity index (χ3n) is 4.76. The summed E-state index contributed by atoms with van der Waals surface area (Å²) in [4.78, 5) is 6.80. The Labute approximate surface area is 185 Å². The van der Waals surface area contributed by atoms with Crippen molar-refractivity contribution in [2.75, 3.05) is 26.7 Å². The molecule has 1 heterocycles. The van der Waals surface area contributed by atoms with Gasteiger partial charge in [-0.05, 0) is 52.5 Å². The van der Waals surface area contributed by atoms with Crippen LogP contribution < -0.4 is 10.6 Å². The first-order chi connectivity index (χ1) is 12.7. The van der Waals surface area contributed by atoms with E-state index in [4.69, 9.17) is 0 Å². The number of hydrogen-bond donors (Lipinski definition) is 2. The quantitative estimate of drug-likeness (QED) is 0.299. The van der Waals surface area contributed by atoms with Gasteiger partial charge in [-0.3, -0.25) is 9.89 Å². The number of hydrogen-bond acceptors (Lipinski definition) is 3. The van der Waals surface area contributed by atoms with Crippen LogP contribution >= 0.6 is 35.3 Å². The van der Waals surface area contributed by atoms with E-state index in [1.807, 2.05) is 7.05 Å². The van der Waals surface area contributed by atoms with E-state index in [0.717, 1.165) is 38.7 Å². The zero-order chi connectivity index (χ0) is 18.8. The monoisotopic (exact) mass is 500 g/mol. The van der Waals surface area contributed by atoms with E-state index in [1.165, 1.54) is 16.7 Å². The van der Waals surface area contributed by atoms with E-state index >= 15 is 0 Å². The summed E-state index contributed by atoms with van der Waals surface area (Å²) in [5.41, 5.74) is 4.08. The molecule has 0 saturated heterocycles. The normalized spacial score (nSPS) is 12.6. The Kier molecular flexibility index (Phi) is 11.6. The fraction of sp³-hybridized carbons (Fsp3) is 0.476. The van der Waals surface area contributed by atoms with Gasteiger partial charge in [-0.1, -0.05) is 45.0 Å². The number of guanidine groups is 1. The molecule has 1 unspecified atom stereocenters. The van der Waals surface area contributed by atoms with Crippen LogP contribution in [0.4, 0.5) is 0 Å². The molecule has 0 spiro atoms. The van der Waals surface area contributed by atoms with E-state index in [-0.39, 0.29) is 24.0 Å². The van der Waals surface area contributed by atoms with Crippen LogP contribution in [-0.2, 0) is 13.1 Å². The molecule has 6 heteroatoms. The van der Waals surface area contributed by atoms with E-state index in [1.54, 1.807) is 11.3 Å². The predicted octanol–water partition coefficient (Wildman–Crippen LogP) is 4.68. The topological polar surface area (TPSA) is 39.7 Å². The smallest absolute Gasteiger partial charge is 0.191 e. The number of halogens is 1. The van der Waals surface area contributed by atoms with Gasteiger partial charge in [0, 0.05) is 26.7 Å². The Morgan fingerprint density at radius 1 is 1.11 bits per heavy atom. The first kappa shape index (κ1) is 23.9. The standard InChI is InChI=1S/C21H32N4S.HI/c1-5-25(6-2)15-19-10-8-7-9-18(19)14-24-21(22-4)23-13-17(3)20-11-12-26-16-20;/h7-12,16-17H,5-6,13-15H2,1-4H3,(H2,22,23,24);1H. The van der Waals surface area contributed by atoms with Crippen molar-refractivity contribution in [1.82, 2.24) is 15.5 Å². The molecule has 1 atom stereocenters. The highest BCUT2D eigenvalue weighted by molar-refractivity contribution is 14.0. The molecule has 0 aliphatic carbocycles. The molecule has 0 amide bonds. The summed E-state index contributed by atoms with van der Waals surface area (Å²) < 4.78 is 0. The van der Waals surface area contributed by atoms with Gasteiger partial charge in [0.25, 0.3) is 0 Å². The molecular weight excluding hydrogens is 467 g/mol. The van der Waals surface area contributed by atoms with E-state index in [2.05, 4.69) is 82.4 Å². The summed E-state index contributed by atoms with van der Waals surface area (Å²) in [6.45, 7) is 11.5. The molecule has 150 valence electrons. The van der Waals surface area contributed by atoms with Gasteiger partial charge in [0.2, 0.25) is 0 Å². The molecule has 2 rings (SSSR count). The summed E-state index contributed by atoms with van der Waals surface area (Å²) in [5, 5.41) is 11.2. The fourth-order valence-corrected chi connectivity index (χ4v) is 3.68. The number of nitrogens with zero attached hydrogens (tertiary/aromatic N) is 2. The lowest BCUT2D eigenvalue weighted by molar-refractivity contribution is 0.295. The maximum atomic E-state index is 4.37. The van der Waals surface area contributed by atoms with Gasteiger partial charge in [0.05, 0.1) is 0 Å². The minimum absolute atomic E-state index is 0. The van der Waals surface area contributed by atoms with Gasteiger partial charge < -0.3 is 10.6 Å². The van der Waals surface area contributed by atoms with Gasteiger partial charge in [-0.2, -0.15) is 11.3 Å². The number of thiophene rings is 1. The van der Waals surface area contributed by atoms with Crippen molar-refractivity contribution in [2.45, 2.75) is 39.8 Å².